The van der Waals surface area contributed by atoms with Gasteiger partial charge in [0.25, 0.3) is 0 Å². The normalized spacial score (nSPS) is 17.0. The molecule has 0 amide bonds. The number of rotatable bonds is 5. The van der Waals surface area contributed by atoms with E-state index in [1.807, 2.05) is 7.05 Å². The Morgan fingerprint density at radius 2 is 1.91 bits per heavy atom. The second-order valence-electron chi connectivity index (χ2n) is 8.98. The van der Waals surface area contributed by atoms with Crippen LogP contribution in [0.3, 0.4) is 0 Å². The number of hydrogen-bond donors (Lipinski definition) is 0. The summed E-state index contributed by atoms with van der Waals surface area (Å²) in [6.45, 7) is 7.25. The summed E-state index contributed by atoms with van der Waals surface area (Å²) < 4.78 is 4.12. The van der Waals surface area contributed by atoms with E-state index in [0.717, 1.165) is 48.8 Å². The Balaban J connectivity index is 1.48. The fourth-order valence-corrected chi connectivity index (χ4v) is 4.77. The third kappa shape index (κ3) is 4.10. The molecule has 0 radical (unpaired) electrons. The quantitative estimate of drug-likeness (QED) is 0.466. The first kappa shape index (κ1) is 20.6. The first-order chi connectivity index (χ1) is 15.6. The number of likely N-dealkylation sites (tertiary alicyclic amines) is 1. The van der Waals surface area contributed by atoms with Crippen LogP contribution in [-0.2, 0) is 13.6 Å². The molecule has 1 unspecified atom stereocenters. The fraction of sp³-hybridized carbons (Fsp3) is 0.346. The van der Waals surface area contributed by atoms with Crippen molar-refractivity contribution in [2.24, 2.45) is 7.05 Å². The fourth-order valence-electron chi connectivity index (χ4n) is 4.77. The Morgan fingerprint density at radius 3 is 2.69 bits per heavy atom. The third-order valence-corrected chi connectivity index (χ3v) is 6.46. The molecule has 2 aromatic carbocycles. The number of aromatic nitrogens is 5. The van der Waals surface area contributed by atoms with E-state index in [2.05, 4.69) is 92.9 Å². The van der Waals surface area contributed by atoms with Crippen molar-refractivity contribution in [1.29, 1.82) is 0 Å². The second-order valence-corrected chi connectivity index (χ2v) is 8.98. The van der Waals surface area contributed by atoms with E-state index < -0.39 is 0 Å². The van der Waals surface area contributed by atoms with Crippen LogP contribution in [0.5, 0.6) is 0 Å². The van der Waals surface area contributed by atoms with Crippen LogP contribution in [0.25, 0.3) is 16.9 Å². The summed E-state index contributed by atoms with van der Waals surface area (Å²) >= 11 is 0. The lowest BCUT2D eigenvalue weighted by molar-refractivity contribution is 0.195. The van der Waals surface area contributed by atoms with Gasteiger partial charge in [0.1, 0.15) is 12.2 Å². The molecule has 32 heavy (non-hydrogen) atoms. The van der Waals surface area contributed by atoms with E-state index in [9.17, 15) is 0 Å². The molecule has 1 atom stereocenters. The molecule has 0 bridgehead atoms. The minimum absolute atomic E-state index is 0.422. The van der Waals surface area contributed by atoms with Crippen LogP contribution in [0, 0.1) is 13.8 Å². The SMILES string of the molecule is Cc1ccc(C)c(-n2cc(CN3CCCC(c4nncn4C)C3)c(-c3ccccc3)n2)c1. The molecule has 6 nitrogen and oxygen atoms in total. The highest BCUT2D eigenvalue weighted by Crippen LogP contribution is 2.30. The van der Waals surface area contributed by atoms with Crippen molar-refractivity contribution in [3.8, 4) is 16.9 Å². The summed E-state index contributed by atoms with van der Waals surface area (Å²) in [7, 11) is 2.04. The van der Waals surface area contributed by atoms with E-state index >= 15 is 0 Å². The summed E-state index contributed by atoms with van der Waals surface area (Å²) in [5.74, 6) is 1.51. The molecule has 1 aliphatic heterocycles. The van der Waals surface area contributed by atoms with Crippen LogP contribution in [0.1, 0.15) is 41.3 Å². The van der Waals surface area contributed by atoms with Gasteiger partial charge >= 0.3 is 0 Å². The van der Waals surface area contributed by atoms with Crippen LogP contribution in [0.2, 0.25) is 0 Å². The Morgan fingerprint density at radius 1 is 1.06 bits per heavy atom. The zero-order valence-corrected chi connectivity index (χ0v) is 19.1. The molecule has 6 heteroatoms. The lowest BCUT2D eigenvalue weighted by Crippen LogP contribution is -2.34. The molecule has 0 saturated carbocycles. The number of aryl methyl sites for hydroxylation is 3. The van der Waals surface area contributed by atoms with E-state index in [4.69, 9.17) is 5.10 Å². The summed E-state index contributed by atoms with van der Waals surface area (Å²) in [6.07, 6.45) is 6.35. The van der Waals surface area contributed by atoms with Crippen LogP contribution < -0.4 is 0 Å². The van der Waals surface area contributed by atoms with Crippen molar-refractivity contribution in [1.82, 2.24) is 29.4 Å². The van der Waals surface area contributed by atoms with Gasteiger partial charge in [0, 0.05) is 43.4 Å². The summed E-state index contributed by atoms with van der Waals surface area (Å²) in [4.78, 5) is 2.54. The van der Waals surface area contributed by atoms with Crippen LogP contribution in [0.15, 0.2) is 61.1 Å². The Kier molecular flexibility index (Phi) is 5.62. The molecule has 0 spiro atoms. The molecule has 5 rings (SSSR count). The Labute approximate surface area is 189 Å². The van der Waals surface area contributed by atoms with Gasteiger partial charge in [-0.2, -0.15) is 5.10 Å². The van der Waals surface area contributed by atoms with Gasteiger partial charge < -0.3 is 4.57 Å². The number of piperidine rings is 1. The lowest BCUT2D eigenvalue weighted by atomic mass is 9.96. The molecule has 2 aromatic heterocycles. The highest BCUT2D eigenvalue weighted by molar-refractivity contribution is 5.63. The van der Waals surface area contributed by atoms with Crippen LogP contribution in [-0.4, -0.2) is 42.5 Å². The van der Waals surface area contributed by atoms with Crippen molar-refractivity contribution < 1.29 is 0 Å². The maximum absolute atomic E-state index is 5.06. The van der Waals surface area contributed by atoms with Gasteiger partial charge in [0.2, 0.25) is 0 Å². The standard InChI is InChI=1S/C26H30N6/c1-19-11-12-20(2)24(14-19)32-17-23(25(29-32)21-8-5-4-6-9-21)16-31-13-7-10-22(15-31)26-28-27-18-30(26)3/h4-6,8-9,11-12,14,17-18,22H,7,10,13,15-16H2,1-3H3. The van der Waals surface area contributed by atoms with E-state index in [-0.39, 0.29) is 0 Å². The Hall–Kier alpha value is -3.25. The van der Waals surface area contributed by atoms with E-state index in [0.29, 0.717) is 5.92 Å². The third-order valence-electron chi connectivity index (χ3n) is 6.46. The molecule has 0 N–H and O–H groups in total. The van der Waals surface area contributed by atoms with Crippen molar-refractivity contribution >= 4 is 0 Å². The van der Waals surface area contributed by atoms with Gasteiger partial charge in [-0.25, -0.2) is 4.68 Å². The van der Waals surface area contributed by atoms with Crippen molar-refractivity contribution in [2.45, 2.75) is 39.2 Å². The minimum Gasteiger partial charge on any atom is -0.320 e. The molecule has 1 aliphatic rings. The lowest BCUT2D eigenvalue weighted by Gasteiger charge is -2.32. The van der Waals surface area contributed by atoms with Crippen molar-refractivity contribution in [2.75, 3.05) is 13.1 Å². The summed E-state index contributed by atoms with van der Waals surface area (Å²) in [5, 5.41) is 13.5. The van der Waals surface area contributed by atoms with Gasteiger partial charge in [-0.1, -0.05) is 42.5 Å². The average Bonchev–Trinajstić information content (AvgIpc) is 3.42. The minimum atomic E-state index is 0.422. The maximum Gasteiger partial charge on any atom is 0.136 e. The summed E-state index contributed by atoms with van der Waals surface area (Å²) in [6, 6.07) is 17.1. The zero-order valence-electron chi connectivity index (χ0n) is 19.1. The van der Waals surface area contributed by atoms with Gasteiger partial charge in [-0.3, -0.25) is 4.90 Å². The molecule has 4 aromatic rings. The first-order valence-corrected chi connectivity index (χ1v) is 11.4. The average molecular weight is 427 g/mol. The van der Waals surface area contributed by atoms with Crippen molar-refractivity contribution in [3.63, 3.8) is 0 Å². The molecule has 1 saturated heterocycles. The van der Waals surface area contributed by atoms with Crippen molar-refractivity contribution in [3.05, 3.63) is 83.6 Å². The van der Waals surface area contributed by atoms with Crippen LogP contribution >= 0.6 is 0 Å². The van der Waals surface area contributed by atoms with Gasteiger partial charge in [0.15, 0.2) is 0 Å². The smallest absolute Gasteiger partial charge is 0.136 e. The first-order valence-electron chi connectivity index (χ1n) is 11.4. The molecule has 1 fully saturated rings. The zero-order chi connectivity index (χ0) is 22.1. The predicted octanol–water partition coefficient (Wildman–Crippen LogP) is 4.66. The van der Waals surface area contributed by atoms with E-state index in [1.54, 1.807) is 6.33 Å². The number of hydrogen-bond acceptors (Lipinski definition) is 4. The topological polar surface area (TPSA) is 51.8 Å². The molecular weight excluding hydrogens is 396 g/mol. The largest absolute Gasteiger partial charge is 0.320 e. The highest BCUT2D eigenvalue weighted by atomic mass is 15.3. The molecular formula is C26H30N6. The highest BCUT2D eigenvalue weighted by Gasteiger charge is 2.26. The molecule has 3 heterocycles. The van der Waals surface area contributed by atoms with Gasteiger partial charge in [0.05, 0.1) is 11.4 Å². The summed E-state index contributed by atoms with van der Waals surface area (Å²) in [5.41, 5.74) is 7.09. The maximum atomic E-state index is 5.06. The number of benzene rings is 2. The van der Waals surface area contributed by atoms with Gasteiger partial charge in [-0.05, 0) is 50.4 Å². The molecule has 0 aliphatic carbocycles. The van der Waals surface area contributed by atoms with E-state index in [1.165, 1.54) is 23.1 Å². The van der Waals surface area contributed by atoms with Gasteiger partial charge in [-0.15, -0.1) is 10.2 Å². The number of nitrogens with zero attached hydrogens (tertiary/aromatic N) is 6. The van der Waals surface area contributed by atoms with Crippen LogP contribution in [0.4, 0.5) is 0 Å². The monoisotopic (exact) mass is 426 g/mol. The Bertz CT molecular complexity index is 1210. The second kappa shape index (κ2) is 8.71. The molecule has 164 valence electrons. The predicted molar refractivity (Wildman–Crippen MR) is 127 cm³/mol.